The Morgan fingerprint density at radius 2 is 2.13 bits per heavy atom. The molecule has 15 heavy (non-hydrogen) atoms. The number of carboxylic acids is 1. The van der Waals surface area contributed by atoms with E-state index in [4.69, 9.17) is 0 Å². The summed E-state index contributed by atoms with van der Waals surface area (Å²) in [5.74, 6) is -0.526. The molecule has 0 spiro atoms. The highest BCUT2D eigenvalue weighted by atomic mass is 16.4. The second-order valence-corrected chi connectivity index (χ2v) is 4.49. The third-order valence-corrected chi connectivity index (χ3v) is 3.03. The first-order valence-electron chi connectivity index (χ1n) is 5.12. The predicted octanol–water partition coefficient (Wildman–Crippen LogP) is 1.05. The zero-order valence-corrected chi connectivity index (χ0v) is 9.19. The highest BCUT2D eigenvalue weighted by Crippen LogP contribution is 2.49. The van der Waals surface area contributed by atoms with Crippen molar-refractivity contribution in [1.29, 1.82) is 0 Å². The minimum Gasteiger partial charge on any atom is -0.481 e. The van der Waals surface area contributed by atoms with E-state index in [1.165, 1.54) is 0 Å². The minimum atomic E-state index is -0.773. The van der Waals surface area contributed by atoms with Crippen LogP contribution < -0.4 is 0 Å². The second-order valence-electron chi connectivity index (χ2n) is 4.49. The van der Waals surface area contributed by atoms with E-state index in [2.05, 4.69) is 10.3 Å². The van der Waals surface area contributed by atoms with Gasteiger partial charge in [0.2, 0.25) is 0 Å². The Balaban J connectivity index is 2.50. The van der Waals surface area contributed by atoms with Crippen LogP contribution in [0.2, 0.25) is 0 Å². The lowest BCUT2D eigenvalue weighted by atomic mass is 9.96. The highest BCUT2D eigenvalue weighted by molar-refractivity contribution is 5.84. The summed E-state index contributed by atoms with van der Waals surface area (Å²) in [6.07, 6.45) is 1.36. The average Bonchev–Trinajstić information content (AvgIpc) is 2.85. The van der Waals surface area contributed by atoms with Gasteiger partial charge in [-0.05, 0) is 18.8 Å². The Labute approximate surface area is 88.1 Å². The molecule has 82 valence electrons. The molecular formula is C10H15N3O2. The van der Waals surface area contributed by atoms with Crippen LogP contribution >= 0.6 is 0 Å². The highest BCUT2D eigenvalue weighted by Gasteiger charge is 2.55. The Morgan fingerprint density at radius 1 is 1.53 bits per heavy atom. The standard InChI is InChI=1S/C10H15N3O2/c1-6(2)7-8(11-12-13(7)3)10(4-5-10)9(14)15/h6H,4-5H2,1-3H3,(H,14,15). The second kappa shape index (κ2) is 3.05. The van der Waals surface area contributed by atoms with Crippen LogP contribution in [0.3, 0.4) is 0 Å². The quantitative estimate of drug-likeness (QED) is 0.808. The molecular weight excluding hydrogens is 194 g/mol. The van der Waals surface area contributed by atoms with Gasteiger partial charge in [-0.2, -0.15) is 0 Å². The summed E-state index contributed by atoms with van der Waals surface area (Å²) >= 11 is 0. The third kappa shape index (κ3) is 1.33. The fourth-order valence-corrected chi connectivity index (χ4v) is 2.03. The largest absolute Gasteiger partial charge is 0.481 e. The average molecular weight is 209 g/mol. The zero-order chi connectivity index (χ0) is 11.2. The monoisotopic (exact) mass is 209 g/mol. The maximum Gasteiger partial charge on any atom is 0.315 e. The normalized spacial score (nSPS) is 18.1. The van der Waals surface area contributed by atoms with Crippen molar-refractivity contribution in [2.24, 2.45) is 7.05 Å². The summed E-state index contributed by atoms with van der Waals surface area (Å²) in [5.41, 5.74) is 0.857. The number of hydrogen-bond acceptors (Lipinski definition) is 3. The van der Waals surface area contributed by atoms with E-state index in [1.807, 2.05) is 20.9 Å². The first-order valence-corrected chi connectivity index (χ1v) is 5.12. The fraction of sp³-hybridized carbons (Fsp3) is 0.700. The van der Waals surface area contributed by atoms with Crippen LogP contribution in [0.1, 0.15) is 44.0 Å². The lowest BCUT2D eigenvalue weighted by molar-refractivity contribution is -0.140. The van der Waals surface area contributed by atoms with Gasteiger partial charge in [-0.15, -0.1) is 5.10 Å². The van der Waals surface area contributed by atoms with Gasteiger partial charge in [0.1, 0.15) is 11.1 Å². The summed E-state index contributed by atoms with van der Waals surface area (Å²) < 4.78 is 1.68. The van der Waals surface area contributed by atoms with E-state index < -0.39 is 11.4 Å². The van der Waals surface area contributed by atoms with Crippen molar-refractivity contribution >= 4 is 5.97 Å². The van der Waals surface area contributed by atoms with E-state index in [0.717, 1.165) is 5.69 Å². The van der Waals surface area contributed by atoms with Crippen molar-refractivity contribution < 1.29 is 9.90 Å². The molecule has 0 aromatic carbocycles. The molecule has 1 saturated carbocycles. The molecule has 1 heterocycles. The van der Waals surface area contributed by atoms with Crippen LogP contribution in [-0.2, 0) is 17.3 Å². The van der Waals surface area contributed by atoms with Crippen molar-refractivity contribution in [3.8, 4) is 0 Å². The Hall–Kier alpha value is -1.39. The maximum absolute atomic E-state index is 11.2. The van der Waals surface area contributed by atoms with Gasteiger partial charge < -0.3 is 5.11 Å². The Bertz CT molecular complexity index is 405. The van der Waals surface area contributed by atoms with Crippen molar-refractivity contribution in [3.63, 3.8) is 0 Å². The molecule has 5 heteroatoms. The van der Waals surface area contributed by atoms with Gasteiger partial charge in [-0.1, -0.05) is 19.1 Å². The molecule has 0 bridgehead atoms. The van der Waals surface area contributed by atoms with Crippen LogP contribution in [0.5, 0.6) is 0 Å². The molecule has 1 N–H and O–H groups in total. The topological polar surface area (TPSA) is 68.0 Å². The Kier molecular flexibility index (Phi) is 2.06. The summed E-state index contributed by atoms with van der Waals surface area (Å²) in [7, 11) is 1.81. The van der Waals surface area contributed by atoms with E-state index in [9.17, 15) is 9.90 Å². The third-order valence-electron chi connectivity index (χ3n) is 3.03. The number of carbonyl (C=O) groups is 1. The number of hydrogen-bond donors (Lipinski definition) is 1. The number of aliphatic carboxylic acids is 1. The van der Waals surface area contributed by atoms with Gasteiger partial charge >= 0.3 is 5.97 Å². The van der Waals surface area contributed by atoms with Crippen molar-refractivity contribution in [3.05, 3.63) is 11.4 Å². The number of rotatable bonds is 3. The van der Waals surface area contributed by atoms with Crippen LogP contribution in [0.25, 0.3) is 0 Å². The smallest absolute Gasteiger partial charge is 0.315 e. The van der Waals surface area contributed by atoms with Gasteiger partial charge in [-0.25, -0.2) is 0 Å². The molecule has 1 aromatic rings. The molecule has 0 radical (unpaired) electrons. The number of nitrogens with zero attached hydrogens (tertiary/aromatic N) is 3. The van der Waals surface area contributed by atoms with Crippen molar-refractivity contribution in [2.45, 2.75) is 38.0 Å². The van der Waals surface area contributed by atoms with Gasteiger partial charge in [0, 0.05) is 7.05 Å². The van der Waals surface area contributed by atoms with E-state index in [0.29, 0.717) is 18.5 Å². The molecule has 1 aliphatic rings. The molecule has 1 fully saturated rings. The molecule has 0 unspecified atom stereocenters. The van der Waals surface area contributed by atoms with Crippen molar-refractivity contribution in [1.82, 2.24) is 15.0 Å². The lowest BCUT2D eigenvalue weighted by Gasteiger charge is -2.12. The first kappa shape index (κ1) is 10.1. The summed E-state index contributed by atoms with van der Waals surface area (Å²) in [5, 5.41) is 17.2. The zero-order valence-electron chi connectivity index (χ0n) is 9.19. The minimum absolute atomic E-state index is 0.247. The van der Waals surface area contributed by atoms with E-state index in [1.54, 1.807) is 4.68 Å². The SMILES string of the molecule is CC(C)c1c(C2(C(=O)O)CC2)nnn1C. The number of aryl methyl sites for hydroxylation is 1. The van der Waals surface area contributed by atoms with Crippen LogP contribution in [0.15, 0.2) is 0 Å². The summed E-state index contributed by atoms with van der Waals surface area (Å²) in [4.78, 5) is 11.2. The number of aromatic nitrogens is 3. The molecule has 2 rings (SSSR count). The maximum atomic E-state index is 11.2. The van der Waals surface area contributed by atoms with Crippen LogP contribution in [0.4, 0.5) is 0 Å². The van der Waals surface area contributed by atoms with Gasteiger partial charge in [0.25, 0.3) is 0 Å². The van der Waals surface area contributed by atoms with Crippen LogP contribution in [0, 0.1) is 0 Å². The predicted molar refractivity (Wildman–Crippen MR) is 53.6 cm³/mol. The molecule has 1 aliphatic carbocycles. The summed E-state index contributed by atoms with van der Waals surface area (Å²) in [6, 6.07) is 0. The van der Waals surface area contributed by atoms with E-state index >= 15 is 0 Å². The van der Waals surface area contributed by atoms with Gasteiger partial charge in [0.15, 0.2) is 0 Å². The lowest BCUT2D eigenvalue weighted by Crippen LogP contribution is -2.22. The molecule has 0 saturated heterocycles. The first-order chi connectivity index (χ1) is 6.99. The van der Waals surface area contributed by atoms with Gasteiger partial charge in [-0.3, -0.25) is 9.48 Å². The fourth-order valence-electron chi connectivity index (χ4n) is 2.03. The molecule has 5 nitrogen and oxygen atoms in total. The van der Waals surface area contributed by atoms with E-state index in [-0.39, 0.29) is 5.92 Å². The Morgan fingerprint density at radius 3 is 2.53 bits per heavy atom. The van der Waals surface area contributed by atoms with Crippen LogP contribution in [-0.4, -0.2) is 26.1 Å². The number of carboxylic acid groups (broad SMARTS) is 1. The molecule has 0 atom stereocenters. The van der Waals surface area contributed by atoms with Gasteiger partial charge in [0.05, 0.1) is 5.69 Å². The molecule has 1 aromatic heterocycles. The summed E-state index contributed by atoms with van der Waals surface area (Å²) in [6.45, 7) is 4.06. The molecule has 0 aliphatic heterocycles. The molecule has 0 amide bonds. The van der Waals surface area contributed by atoms with Crippen molar-refractivity contribution in [2.75, 3.05) is 0 Å².